The molecule has 140 valence electrons. The Hall–Kier alpha value is -1.97. The first kappa shape index (κ1) is 21.1. The summed E-state index contributed by atoms with van der Waals surface area (Å²) >= 11 is 0. The van der Waals surface area contributed by atoms with Gasteiger partial charge in [0, 0.05) is 20.1 Å². The number of aliphatic carboxylic acids is 1. The van der Waals surface area contributed by atoms with Crippen LogP contribution in [0.2, 0.25) is 0 Å². The zero-order chi connectivity index (χ0) is 19.2. The van der Waals surface area contributed by atoms with E-state index in [2.05, 4.69) is 10.0 Å². The Kier molecular flexibility index (Phi) is 7.53. The number of carboxylic acids is 1. The molecule has 8 nitrogen and oxygen atoms in total. The lowest BCUT2D eigenvalue weighted by molar-refractivity contribution is -0.143. The molecule has 25 heavy (non-hydrogen) atoms. The SMILES string of the molecule is COCC(NC(=O)CCNS(=O)(=O)c1c(C)cc(C)cc1C)C(=O)O. The maximum absolute atomic E-state index is 12.4. The zero-order valence-electron chi connectivity index (χ0n) is 14.8. The van der Waals surface area contributed by atoms with Crippen LogP contribution in [0.4, 0.5) is 0 Å². The van der Waals surface area contributed by atoms with E-state index in [4.69, 9.17) is 9.84 Å². The van der Waals surface area contributed by atoms with E-state index < -0.39 is 27.9 Å². The molecular weight excluding hydrogens is 348 g/mol. The van der Waals surface area contributed by atoms with Crippen LogP contribution in [0.1, 0.15) is 23.1 Å². The Bertz CT molecular complexity index is 722. The number of benzene rings is 1. The van der Waals surface area contributed by atoms with Crippen molar-refractivity contribution < 1.29 is 27.9 Å². The van der Waals surface area contributed by atoms with Crippen LogP contribution in [-0.4, -0.2) is 51.7 Å². The number of hydrogen-bond acceptors (Lipinski definition) is 5. The number of methoxy groups -OCH3 is 1. The number of carbonyl (C=O) groups excluding carboxylic acids is 1. The number of amides is 1. The molecule has 1 unspecified atom stereocenters. The molecule has 1 aromatic carbocycles. The van der Waals surface area contributed by atoms with E-state index in [1.165, 1.54) is 7.11 Å². The summed E-state index contributed by atoms with van der Waals surface area (Å²) in [5, 5.41) is 11.2. The third-order valence-corrected chi connectivity index (χ3v) is 5.25. The predicted molar refractivity (Wildman–Crippen MR) is 91.9 cm³/mol. The molecule has 0 spiro atoms. The summed E-state index contributed by atoms with van der Waals surface area (Å²) in [6.45, 7) is 4.99. The number of nitrogens with one attached hydrogen (secondary N) is 2. The molecule has 0 aliphatic carbocycles. The third kappa shape index (κ3) is 6.11. The summed E-state index contributed by atoms with van der Waals surface area (Å²) in [5.74, 6) is -1.80. The highest BCUT2D eigenvalue weighted by molar-refractivity contribution is 7.89. The predicted octanol–water partition coefficient (Wildman–Crippen LogP) is 0.496. The van der Waals surface area contributed by atoms with Crippen LogP contribution in [0.3, 0.4) is 0 Å². The van der Waals surface area contributed by atoms with Crippen LogP contribution in [0, 0.1) is 20.8 Å². The number of ether oxygens (including phenoxy) is 1. The first-order valence-corrected chi connectivity index (χ1v) is 9.15. The summed E-state index contributed by atoms with van der Waals surface area (Å²) in [6, 6.07) is 2.38. The van der Waals surface area contributed by atoms with Gasteiger partial charge in [0.25, 0.3) is 0 Å². The minimum atomic E-state index is -3.76. The Labute approximate surface area is 147 Å². The first-order valence-electron chi connectivity index (χ1n) is 7.67. The number of carbonyl (C=O) groups is 2. The maximum atomic E-state index is 12.4. The van der Waals surface area contributed by atoms with E-state index in [-0.39, 0.29) is 24.5 Å². The van der Waals surface area contributed by atoms with Gasteiger partial charge >= 0.3 is 5.97 Å². The summed E-state index contributed by atoms with van der Waals surface area (Å²) < 4.78 is 32.0. The Morgan fingerprint density at radius 1 is 1.20 bits per heavy atom. The molecule has 0 fully saturated rings. The zero-order valence-corrected chi connectivity index (χ0v) is 15.6. The quantitative estimate of drug-likeness (QED) is 0.580. The molecule has 1 atom stereocenters. The van der Waals surface area contributed by atoms with Gasteiger partial charge in [-0.25, -0.2) is 17.9 Å². The Morgan fingerprint density at radius 2 is 1.76 bits per heavy atom. The lowest BCUT2D eigenvalue weighted by Crippen LogP contribution is -2.44. The first-order chi connectivity index (χ1) is 11.6. The van der Waals surface area contributed by atoms with E-state index in [0.717, 1.165) is 5.56 Å². The standard InChI is InChI=1S/C16H24N2O6S/c1-10-7-11(2)15(12(3)8-10)25(22,23)17-6-5-14(19)18-13(9-24-4)16(20)21/h7-8,13,17H,5-6,9H2,1-4H3,(H,18,19)(H,20,21). The highest BCUT2D eigenvalue weighted by Gasteiger charge is 2.22. The maximum Gasteiger partial charge on any atom is 0.328 e. The van der Waals surface area contributed by atoms with Gasteiger partial charge in [-0.15, -0.1) is 0 Å². The number of carboxylic acid groups (broad SMARTS) is 1. The van der Waals surface area contributed by atoms with Crippen molar-refractivity contribution in [1.29, 1.82) is 0 Å². The van der Waals surface area contributed by atoms with Crippen molar-refractivity contribution >= 4 is 21.9 Å². The van der Waals surface area contributed by atoms with Crippen molar-refractivity contribution in [2.75, 3.05) is 20.3 Å². The highest BCUT2D eigenvalue weighted by atomic mass is 32.2. The number of rotatable bonds is 9. The summed E-state index contributed by atoms with van der Waals surface area (Å²) in [6.07, 6.45) is -0.184. The molecule has 0 saturated heterocycles. The average molecular weight is 372 g/mol. The molecule has 0 bridgehead atoms. The monoisotopic (exact) mass is 372 g/mol. The number of aryl methyl sites for hydroxylation is 3. The lowest BCUT2D eigenvalue weighted by atomic mass is 10.1. The minimum Gasteiger partial charge on any atom is -0.480 e. The van der Waals surface area contributed by atoms with Gasteiger partial charge in [-0.2, -0.15) is 0 Å². The molecule has 1 rings (SSSR count). The molecule has 0 aliphatic heterocycles. The van der Waals surface area contributed by atoms with Crippen molar-refractivity contribution in [2.24, 2.45) is 0 Å². The second-order valence-corrected chi connectivity index (χ2v) is 7.49. The van der Waals surface area contributed by atoms with Gasteiger partial charge in [0.15, 0.2) is 6.04 Å². The molecule has 1 aromatic rings. The van der Waals surface area contributed by atoms with E-state index >= 15 is 0 Å². The van der Waals surface area contributed by atoms with Gasteiger partial charge in [-0.05, 0) is 31.9 Å². The average Bonchev–Trinajstić information content (AvgIpc) is 2.44. The van der Waals surface area contributed by atoms with Gasteiger partial charge in [0.05, 0.1) is 11.5 Å². The van der Waals surface area contributed by atoms with Gasteiger partial charge in [0.2, 0.25) is 15.9 Å². The molecule has 9 heteroatoms. The van der Waals surface area contributed by atoms with Crippen LogP contribution in [0.5, 0.6) is 0 Å². The molecule has 0 saturated carbocycles. The second kappa shape index (κ2) is 8.93. The van der Waals surface area contributed by atoms with Gasteiger partial charge in [-0.1, -0.05) is 17.7 Å². The van der Waals surface area contributed by atoms with Crippen LogP contribution in [-0.2, 0) is 24.3 Å². The molecule has 1 amide bonds. The van der Waals surface area contributed by atoms with E-state index in [1.54, 1.807) is 26.0 Å². The molecule has 0 radical (unpaired) electrons. The molecular formula is C16H24N2O6S. The van der Waals surface area contributed by atoms with Crippen LogP contribution in [0.15, 0.2) is 17.0 Å². The number of hydrogen-bond donors (Lipinski definition) is 3. The number of sulfonamides is 1. The highest BCUT2D eigenvalue weighted by Crippen LogP contribution is 2.21. The van der Waals surface area contributed by atoms with Crippen LogP contribution < -0.4 is 10.0 Å². The van der Waals surface area contributed by atoms with E-state index in [1.807, 2.05) is 6.92 Å². The fourth-order valence-electron chi connectivity index (χ4n) is 2.57. The van der Waals surface area contributed by atoms with Crippen molar-refractivity contribution in [3.63, 3.8) is 0 Å². The fourth-order valence-corrected chi connectivity index (χ4v) is 4.05. The molecule has 0 heterocycles. The molecule has 0 aromatic heterocycles. The Morgan fingerprint density at radius 3 is 2.24 bits per heavy atom. The second-order valence-electron chi connectivity index (χ2n) is 5.79. The van der Waals surface area contributed by atoms with Crippen molar-refractivity contribution in [3.8, 4) is 0 Å². The lowest BCUT2D eigenvalue weighted by Gasteiger charge is -2.15. The molecule has 3 N–H and O–H groups in total. The van der Waals surface area contributed by atoms with E-state index in [9.17, 15) is 18.0 Å². The van der Waals surface area contributed by atoms with E-state index in [0.29, 0.717) is 11.1 Å². The van der Waals surface area contributed by atoms with Crippen LogP contribution in [0.25, 0.3) is 0 Å². The summed E-state index contributed by atoms with van der Waals surface area (Å²) in [4.78, 5) is 22.9. The fraction of sp³-hybridized carbons (Fsp3) is 0.500. The normalized spacial score (nSPS) is 12.6. The largest absolute Gasteiger partial charge is 0.480 e. The van der Waals surface area contributed by atoms with Crippen molar-refractivity contribution in [3.05, 3.63) is 28.8 Å². The van der Waals surface area contributed by atoms with Crippen molar-refractivity contribution in [2.45, 2.75) is 38.1 Å². The summed E-state index contributed by atoms with van der Waals surface area (Å²) in [7, 11) is -2.44. The van der Waals surface area contributed by atoms with Crippen LogP contribution >= 0.6 is 0 Å². The summed E-state index contributed by atoms with van der Waals surface area (Å²) in [5.41, 5.74) is 2.21. The minimum absolute atomic E-state index is 0.139. The Balaban J connectivity index is 2.69. The smallest absolute Gasteiger partial charge is 0.328 e. The third-order valence-electron chi connectivity index (χ3n) is 3.48. The molecule has 0 aliphatic rings. The van der Waals surface area contributed by atoms with Gasteiger partial charge in [-0.3, -0.25) is 4.79 Å². The van der Waals surface area contributed by atoms with Crippen molar-refractivity contribution in [1.82, 2.24) is 10.0 Å². The van der Waals surface area contributed by atoms with Gasteiger partial charge in [0.1, 0.15) is 0 Å². The van der Waals surface area contributed by atoms with Gasteiger partial charge < -0.3 is 15.2 Å². The topological polar surface area (TPSA) is 122 Å².